The van der Waals surface area contributed by atoms with Crippen molar-refractivity contribution in [3.8, 4) is 0 Å². The quantitative estimate of drug-likeness (QED) is 0.662. The maximum absolute atomic E-state index is 12.4. The Bertz CT molecular complexity index is 641. The fourth-order valence-corrected chi connectivity index (χ4v) is 4.43. The summed E-state index contributed by atoms with van der Waals surface area (Å²) in [5, 5.41) is 15.7. The van der Waals surface area contributed by atoms with Crippen LogP contribution in [-0.2, 0) is 16.0 Å². The predicted molar refractivity (Wildman–Crippen MR) is 75.0 cm³/mol. The van der Waals surface area contributed by atoms with E-state index in [1.54, 1.807) is 0 Å². The molecule has 1 spiro atoms. The molecule has 8 heteroatoms. The molecular formula is C14H20N4O4. The Labute approximate surface area is 126 Å². The largest absolute Gasteiger partial charge is 0.396 e. The van der Waals surface area contributed by atoms with Crippen molar-refractivity contribution in [3.63, 3.8) is 0 Å². The van der Waals surface area contributed by atoms with Crippen molar-refractivity contribution in [1.82, 2.24) is 20.1 Å². The molecule has 0 aliphatic carbocycles. The number of ether oxygens (including phenoxy) is 1. The summed E-state index contributed by atoms with van der Waals surface area (Å²) in [5.74, 6) is 0.970. The summed E-state index contributed by atoms with van der Waals surface area (Å²) in [6, 6.07) is 0. The third-order valence-electron chi connectivity index (χ3n) is 5.47. The van der Waals surface area contributed by atoms with Gasteiger partial charge in [-0.1, -0.05) is 0 Å². The summed E-state index contributed by atoms with van der Waals surface area (Å²) in [4.78, 5) is 27.8. The van der Waals surface area contributed by atoms with Gasteiger partial charge in [-0.15, -0.1) is 0 Å². The SMILES string of the molecule is O=C(CCc1n[nH]c(=O)[nH]1)N1C[C@H]2[C@@H](CO)[C@@H]3CC[C@@]2(C1)O3. The minimum atomic E-state index is -0.353. The van der Waals surface area contributed by atoms with E-state index >= 15 is 0 Å². The van der Waals surface area contributed by atoms with E-state index in [1.165, 1.54) is 0 Å². The fraction of sp³-hybridized carbons (Fsp3) is 0.786. The Hall–Kier alpha value is -1.67. The Morgan fingerprint density at radius 3 is 3.14 bits per heavy atom. The molecule has 8 nitrogen and oxygen atoms in total. The second kappa shape index (κ2) is 4.92. The standard InChI is InChI=1S/C14H20N4O4/c19-6-8-9-5-18(7-14(9)4-3-10(8)22-14)12(20)2-1-11-15-13(21)17-16-11/h8-10,19H,1-7H2,(H2,15,16,17,21)/t8-,9+,10+,14+/m1/s1. The number of aromatic amines is 2. The highest BCUT2D eigenvalue weighted by Gasteiger charge is 2.63. The number of carbonyl (C=O) groups is 1. The van der Waals surface area contributed by atoms with Crippen molar-refractivity contribution < 1.29 is 14.6 Å². The lowest BCUT2D eigenvalue weighted by Crippen LogP contribution is -2.38. The van der Waals surface area contributed by atoms with Gasteiger partial charge >= 0.3 is 5.69 Å². The first-order valence-corrected chi connectivity index (χ1v) is 7.81. The Balaban J connectivity index is 1.40. The number of H-pyrrole nitrogens is 2. The molecule has 1 aromatic heterocycles. The van der Waals surface area contributed by atoms with Crippen LogP contribution in [0.1, 0.15) is 25.1 Å². The maximum atomic E-state index is 12.4. The second-order valence-electron chi connectivity index (χ2n) is 6.61. The van der Waals surface area contributed by atoms with E-state index in [2.05, 4.69) is 15.2 Å². The molecule has 0 unspecified atom stereocenters. The lowest BCUT2D eigenvalue weighted by atomic mass is 9.74. The van der Waals surface area contributed by atoms with Crippen molar-refractivity contribution in [2.45, 2.75) is 37.4 Å². The van der Waals surface area contributed by atoms with Crippen molar-refractivity contribution in [1.29, 1.82) is 0 Å². The molecule has 1 amide bonds. The smallest absolute Gasteiger partial charge is 0.340 e. The van der Waals surface area contributed by atoms with Gasteiger partial charge in [0.15, 0.2) is 0 Å². The van der Waals surface area contributed by atoms with Crippen molar-refractivity contribution in [3.05, 3.63) is 16.3 Å². The number of nitrogens with zero attached hydrogens (tertiary/aromatic N) is 2. The zero-order chi connectivity index (χ0) is 15.3. The van der Waals surface area contributed by atoms with Crippen LogP contribution in [0.15, 0.2) is 4.79 Å². The van der Waals surface area contributed by atoms with Gasteiger partial charge in [0, 0.05) is 37.8 Å². The fourth-order valence-electron chi connectivity index (χ4n) is 4.43. The average Bonchev–Trinajstić information content (AvgIpc) is 3.23. The highest BCUT2D eigenvalue weighted by atomic mass is 16.5. The van der Waals surface area contributed by atoms with Crippen molar-refractivity contribution in [2.75, 3.05) is 19.7 Å². The van der Waals surface area contributed by atoms with Gasteiger partial charge in [-0.05, 0) is 12.8 Å². The number of rotatable bonds is 4. The van der Waals surface area contributed by atoms with Crippen molar-refractivity contribution >= 4 is 5.91 Å². The third-order valence-corrected chi connectivity index (χ3v) is 5.47. The first-order valence-electron chi connectivity index (χ1n) is 7.81. The molecule has 3 fully saturated rings. The molecule has 2 bridgehead atoms. The predicted octanol–water partition coefficient (Wildman–Crippen LogP) is -0.971. The highest BCUT2D eigenvalue weighted by molar-refractivity contribution is 5.77. The number of aliphatic hydroxyl groups excluding tert-OH is 1. The molecule has 4 rings (SSSR count). The van der Waals surface area contributed by atoms with Crippen molar-refractivity contribution in [2.24, 2.45) is 11.8 Å². The van der Waals surface area contributed by atoms with Crippen LogP contribution in [0.2, 0.25) is 0 Å². The number of aryl methyl sites for hydroxylation is 1. The molecule has 0 radical (unpaired) electrons. The van der Waals surface area contributed by atoms with Gasteiger partial charge in [-0.25, -0.2) is 9.89 Å². The molecule has 1 aromatic rings. The number of amides is 1. The van der Waals surface area contributed by atoms with E-state index in [0.717, 1.165) is 12.8 Å². The molecule has 3 aliphatic rings. The minimum absolute atomic E-state index is 0.0522. The number of hydrogen-bond acceptors (Lipinski definition) is 5. The Kier molecular flexibility index (Phi) is 3.12. The normalized spacial score (nSPS) is 36.0. The maximum Gasteiger partial charge on any atom is 0.340 e. The molecule has 3 saturated heterocycles. The third kappa shape index (κ3) is 2.01. The van der Waals surface area contributed by atoms with E-state index in [0.29, 0.717) is 31.8 Å². The number of aliphatic hydroxyl groups is 1. The van der Waals surface area contributed by atoms with Gasteiger partial charge in [-0.2, -0.15) is 5.10 Å². The van der Waals surface area contributed by atoms with E-state index < -0.39 is 0 Å². The molecule has 4 heterocycles. The Morgan fingerprint density at radius 2 is 2.41 bits per heavy atom. The lowest BCUT2D eigenvalue weighted by molar-refractivity contribution is -0.131. The number of fused-ring (bicyclic) bond motifs is 1. The van der Waals surface area contributed by atoms with Gasteiger partial charge in [0.1, 0.15) is 5.82 Å². The van der Waals surface area contributed by atoms with Crippen LogP contribution >= 0.6 is 0 Å². The summed E-state index contributed by atoms with van der Waals surface area (Å²) in [7, 11) is 0. The topological polar surface area (TPSA) is 111 Å². The summed E-state index contributed by atoms with van der Waals surface area (Å²) in [6.45, 7) is 1.42. The van der Waals surface area contributed by atoms with E-state index in [-0.39, 0.29) is 41.7 Å². The first kappa shape index (κ1) is 14.0. The van der Waals surface area contributed by atoms with Gasteiger partial charge in [0.2, 0.25) is 5.91 Å². The van der Waals surface area contributed by atoms with Crippen LogP contribution in [0.25, 0.3) is 0 Å². The van der Waals surface area contributed by atoms with E-state index in [9.17, 15) is 14.7 Å². The molecule has 3 N–H and O–H groups in total. The van der Waals surface area contributed by atoms with Gasteiger partial charge in [0.05, 0.1) is 18.2 Å². The molecule has 120 valence electrons. The van der Waals surface area contributed by atoms with Crippen LogP contribution in [-0.4, -0.2) is 62.5 Å². The summed E-state index contributed by atoms with van der Waals surface area (Å²) < 4.78 is 6.12. The van der Waals surface area contributed by atoms with E-state index in [1.807, 2.05) is 4.90 Å². The number of aromatic nitrogens is 3. The minimum Gasteiger partial charge on any atom is -0.396 e. The number of nitrogens with one attached hydrogen (secondary N) is 2. The molecule has 0 saturated carbocycles. The zero-order valence-electron chi connectivity index (χ0n) is 12.2. The molecule has 22 heavy (non-hydrogen) atoms. The summed E-state index contributed by atoms with van der Waals surface area (Å²) in [5.41, 5.74) is -0.581. The molecule has 4 atom stereocenters. The molecule has 0 aromatic carbocycles. The van der Waals surface area contributed by atoms with Crippen LogP contribution < -0.4 is 5.69 Å². The number of carbonyl (C=O) groups excluding carboxylic acids is 1. The highest BCUT2D eigenvalue weighted by Crippen LogP contribution is 2.54. The monoisotopic (exact) mass is 308 g/mol. The van der Waals surface area contributed by atoms with Crippen LogP contribution in [0, 0.1) is 11.8 Å². The number of likely N-dealkylation sites (tertiary alicyclic amines) is 1. The molecular weight excluding hydrogens is 288 g/mol. The number of hydrogen-bond donors (Lipinski definition) is 3. The van der Waals surface area contributed by atoms with Crippen LogP contribution in [0.3, 0.4) is 0 Å². The summed E-state index contributed by atoms with van der Waals surface area (Å²) in [6.07, 6.45) is 2.87. The Morgan fingerprint density at radius 1 is 1.55 bits per heavy atom. The van der Waals surface area contributed by atoms with Gasteiger partial charge in [-0.3, -0.25) is 9.78 Å². The average molecular weight is 308 g/mol. The zero-order valence-corrected chi connectivity index (χ0v) is 12.2. The summed E-state index contributed by atoms with van der Waals surface area (Å²) >= 11 is 0. The first-order chi connectivity index (χ1) is 10.6. The second-order valence-corrected chi connectivity index (χ2v) is 6.61. The van der Waals surface area contributed by atoms with Crippen LogP contribution in [0.5, 0.6) is 0 Å². The molecule has 3 aliphatic heterocycles. The van der Waals surface area contributed by atoms with E-state index in [4.69, 9.17) is 4.74 Å². The van der Waals surface area contributed by atoms with Gasteiger partial charge < -0.3 is 14.7 Å². The lowest BCUT2D eigenvalue weighted by Gasteiger charge is -2.27. The van der Waals surface area contributed by atoms with Crippen LogP contribution in [0.4, 0.5) is 0 Å². The van der Waals surface area contributed by atoms with Gasteiger partial charge in [0.25, 0.3) is 0 Å².